The summed E-state index contributed by atoms with van der Waals surface area (Å²) >= 11 is 0. The van der Waals surface area contributed by atoms with Gasteiger partial charge in [0.15, 0.2) is 0 Å². The lowest BCUT2D eigenvalue weighted by Crippen LogP contribution is -2.35. The number of carbonyl (C=O) groups excluding carboxylic acids is 1. The molecule has 0 fully saturated rings. The molecular weight excluding hydrogens is 424 g/mol. The highest BCUT2D eigenvalue weighted by Gasteiger charge is 2.21. The first-order chi connectivity index (χ1) is 16.5. The van der Waals surface area contributed by atoms with Gasteiger partial charge >= 0.3 is 0 Å². The Morgan fingerprint density at radius 1 is 1.00 bits per heavy atom. The van der Waals surface area contributed by atoms with Crippen LogP contribution in [-0.4, -0.2) is 27.2 Å². The van der Waals surface area contributed by atoms with Gasteiger partial charge in [0.05, 0.1) is 17.8 Å². The van der Waals surface area contributed by atoms with Gasteiger partial charge in [-0.05, 0) is 41.3 Å². The summed E-state index contributed by atoms with van der Waals surface area (Å²) in [7, 11) is 1.87. The first-order valence-electron chi connectivity index (χ1n) is 11.1. The molecule has 0 saturated carbocycles. The molecular formula is C27H26N6O. The van der Waals surface area contributed by atoms with Crippen molar-refractivity contribution in [1.29, 1.82) is 5.26 Å². The lowest BCUT2D eigenvalue weighted by molar-refractivity contribution is -0.118. The van der Waals surface area contributed by atoms with E-state index in [4.69, 9.17) is 5.26 Å². The van der Waals surface area contributed by atoms with E-state index < -0.39 is 6.04 Å². The number of anilines is 1. The van der Waals surface area contributed by atoms with E-state index in [0.717, 1.165) is 22.3 Å². The number of rotatable bonds is 8. The summed E-state index contributed by atoms with van der Waals surface area (Å²) in [6.45, 7) is 2.68. The summed E-state index contributed by atoms with van der Waals surface area (Å²) in [4.78, 5) is 17.7. The van der Waals surface area contributed by atoms with Crippen molar-refractivity contribution in [2.75, 3.05) is 11.9 Å². The van der Waals surface area contributed by atoms with Crippen LogP contribution in [0.3, 0.4) is 0 Å². The average molecular weight is 451 g/mol. The molecule has 0 spiro atoms. The van der Waals surface area contributed by atoms with Gasteiger partial charge in [-0.3, -0.25) is 9.48 Å². The van der Waals surface area contributed by atoms with Crippen LogP contribution in [0.15, 0.2) is 85.3 Å². The Balaban J connectivity index is 1.46. The maximum absolute atomic E-state index is 13.2. The van der Waals surface area contributed by atoms with Gasteiger partial charge in [0, 0.05) is 37.1 Å². The molecule has 0 aliphatic heterocycles. The second-order valence-corrected chi connectivity index (χ2v) is 8.21. The second kappa shape index (κ2) is 10.6. The first kappa shape index (κ1) is 22.9. The van der Waals surface area contributed by atoms with E-state index in [0.29, 0.717) is 17.9 Å². The van der Waals surface area contributed by atoms with Crippen molar-refractivity contribution in [2.24, 2.45) is 7.05 Å². The lowest BCUT2D eigenvalue weighted by atomic mass is 9.98. The summed E-state index contributed by atoms with van der Waals surface area (Å²) in [6, 6.07) is 22.5. The predicted octanol–water partition coefficient (Wildman–Crippen LogP) is 4.43. The number of benzene rings is 2. The van der Waals surface area contributed by atoms with Crippen LogP contribution in [-0.2, 0) is 11.8 Å². The third-order valence-electron chi connectivity index (χ3n) is 5.69. The predicted molar refractivity (Wildman–Crippen MR) is 132 cm³/mol. The quantitative estimate of drug-likeness (QED) is 0.414. The summed E-state index contributed by atoms with van der Waals surface area (Å²) in [6.07, 6.45) is 5.42. The number of nitrogens with one attached hydrogen (secondary N) is 2. The van der Waals surface area contributed by atoms with Crippen LogP contribution in [0.2, 0.25) is 0 Å². The highest BCUT2D eigenvalue weighted by molar-refractivity contribution is 5.95. The Morgan fingerprint density at radius 2 is 1.76 bits per heavy atom. The van der Waals surface area contributed by atoms with Crippen LogP contribution < -0.4 is 10.6 Å². The van der Waals surface area contributed by atoms with Gasteiger partial charge in [-0.1, -0.05) is 49.4 Å². The minimum atomic E-state index is -0.540. The normalized spacial score (nSPS) is 12.5. The molecule has 170 valence electrons. The molecule has 0 aliphatic carbocycles. The third kappa shape index (κ3) is 5.55. The van der Waals surface area contributed by atoms with E-state index >= 15 is 0 Å². The van der Waals surface area contributed by atoms with E-state index in [9.17, 15) is 4.79 Å². The van der Waals surface area contributed by atoms with Crippen LogP contribution in [0, 0.1) is 11.3 Å². The molecule has 34 heavy (non-hydrogen) atoms. The maximum atomic E-state index is 13.2. The minimum absolute atomic E-state index is 0.156. The molecule has 7 nitrogen and oxygen atoms in total. The van der Waals surface area contributed by atoms with E-state index in [1.807, 2.05) is 73.9 Å². The van der Waals surface area contributed by atoms with E-state index in [1.54, 1.807) is 23.1 Å². The van der Waals surface area contributed by atoms with Crippen molar-refractivity contribution in [3.8, 4) is 17.2 Å². The molecule has 2 N–H and O–H groups in total. The number of nitriles is 1. The Bertz CT molecular complexity index is 1270. The van der Waals surface area contributed by atoms with Crippen molar-refractivity contribution in [3.63, 3.8) is 0 Å². The summed E-state index contributed by atoms with van der Waals surface area (Å²) in [5.74, 6) is 0.462. The van der Waals surface area contributed by atoms with Gasteiger partial charge in [-0.2, -0.15) is 10.4 Å². The third-order valence-corrected chi connectivity index (χ3v) is 5.69. The number of nitrogens with zero attached hydrogens (tertiary/aromatic N) is 4. The molecule has 0 aliphatic rings. The molecule has 2 heterocycles. The maximum Gasteiger partial charge on any atom is 0.247 e. The lowest BCUT2D eigenvalue weighted by Gasteiger charge is -2.21. The topological polar surface area (TPSA) is 95.6 Å². The molecule has 1 amide bonds. The number of hydrogen-bond acceptors (Lipinski definition) is 5. The number of hydrogen-bond donors (Lipinski definition) is 2. The second-order valence-electron chi connectivity index (χ2n) is 8.21. The highest BCUT2D eigenvalue weighted by Crippen LogP contribution is 2.21. The largest absolute Gasteiger partial charge is 0.309 e. The molecule has 0 saturated heterocycles. The van der Waals surface area contributed by atoms with Gasteiger partial charge in [0.1, 0.15) is 11.9 Å². The molecule has 2 aromatic carbocycles. The number of amides is 1. The van der Waals surface area contributed by atoms with E-state index in [2.05, 4.69) is 33.7 Å². The SMILES string of the molecule is C[C@H](CN[C@@H](C(=O)Nc1ccc(-c2cnn(C)c2)cn1)c1ccccc1)c1ccc(C#N)cc1. The molecule has 0 unspecified atom stereocenters. The summed E-state index contributed by atoms with van der Waals surface area (Å²) < 4.78 is 1.74. The standard InChI is InChI=1S/C27H26N6O/c1-19(21-10-8-20(14-28)9-11-21)15-30-26(22-6-4-3-5-7-22)27(34)32-25-13-12-23(16-29-25)24-17-31-33(2)18-24/h3-13,16-19,26,30H,15H2,1-2H3,(H,29,32,34)/t19-,26-/m1/s1. The van der Waals surface area contributed by atoms with Gasteiger partial charge in [0.2, 0.25) is 5.91 Å². The average Bonchev–Trinajstić information content (AvgIpc) is 3.31. The monoisotopic (exact) mass is 450 g/mol. The first-order valence-corrected chi connectivity index (χ1v) is 11.1. The molecule has 0 radical (unpaired) electrons. The fraction of sp³-hybridized carbons (Fsp3) is 0.185. The Hall–Kier alpha value is -4.28. The number of aromatic nitrogens is 3. The van der Waals surface area contributed by atoms with Crippen LogP contribution in [0.1, 0.15) is 35.6 Å². The van der Waals surface area contributed by atoms with Crippen molar-refractivity contribution < 1.29 is 4.79 Å². The molecule has 4 aromatic rings. The van der Waals surface area contributed by atoms with E-state index in [1.165, 1.54) is 0 Å². The zero-order chi connectivity index (χ0) is 23.9. The molecule has 2 atom stereocenters. The van der Waals surface area contributed by atoms with E-state index in [-0.39, 0.29) is 11.8 Å². The minimum Gasteiger partial charge on any atom is -0.309 e. The van der Waals surface area contributed by atoms with Crippen molar-refractivity contribution >= 4 is 11.7 Å². The number of carbonyl (C=O) groups is 1. The number of pyridine rings is 1. The zero-order valence-electron chi connectivity index (χ0n) is 19.1. The Kier molecular flexibility index (Phi) is 7.11. The van der Waals surface area contributed by atoms with Crippen LogP contribution in [0.5, 0.6) is 0 Å². The van der Waals surface area contributed by atoms with Gasteiger partial charge < -0.3 is 10.6 Å². The zero-order valence-corrected chi connectivity index (χ0v) is 19.1. The van der Waals surface area contributed by atoms with Crippen molar-refractivity contribution in [3.05, 3.63) is 102 Å². The molecule has 7 heteroatoms. The van der Waals surface area contributed by atoms with Gasteiger partial charge in [0.25, 0.3) is 0 Å². The smallest absolute Gasteiger partial charge is 0.247 e. The van der Waals surface area contributed by atoms with Crippen LogP contribution >= 0.6 is 0 Å². The summed E-state index contributed by atoms with van der Waals surface area (Å²) in [5.41, 5.74) is 4.51. The van der Waals surface area contributed by atoms with Crippen molar-refractivity contribution in [2.45, 2.75) is 18.9 Å². The summed E-state index contributed by atoms with van der Waals surface area (Å²) in [5, 5.41) is 19.5. The number of aryl methyl sites for hydroxylation is 1. The highest BCUT2D eigenvalue weighted by atomic mass is 16.2. The Labute approximate surface area is 199 Å². The van der Waals surface area contributed by atoms with Gasteiger partial charge in [-0.15, -0.1) is 0 Å². The van der Waals surface area contributed by atoms with Gasteiger partial charge in [-0.25, -0.2) is 4.98 Å². The fourth-order valence-corrected chi connectivity index (χ4v) is 3.71. The fourth-order valence-electron chi connectivity index (χ4n) is 3.71. The Morgan fingerprint density at radius 3 is 2.38 bits per heavy atom. The van der Waals surface area contributed by atoms with Crippen LogP contribution in [0.4, 0.5) is 5.82 Å². The van der Waals surface area contributed by atoms with Crippen molar-refractivity contribution in [1.82, 2.24) is 20.1 Å². The van der Waals surface area contributed by atoms with Crippen LogP contribution in [0.25, 0.3) is 11.1 Å². The molecule has 0 bridgehead atoms. The molecule has 2 aromatic heterocycles. The molecule has 4 rings (SSSR count).